The summed E-state index contributed by atoms with van der Waals surface area (Å²) in [7, 11) is 1.55. The van der Waals surface area contributed by atoms with Crippen LogP contribution in [0.3, 0.4) is 0 Å². The molecule has 2 nitrogen and oxygen atoms in total. The Bertz CT molecular complexity index is 590. The van der Waals surface area contributed by atoms with Gasteiger partial charge in [0.1, 0.15) is 17.4 Å². The van der Waals surface area contributed by atoms with Crippen LogP contribution in [0.4, 0.5) is 14.5 Å². The van der Waals surface area contributed by atoms with Gasteiger partial charge in [-0.1, -0.05) is 17.7 Å². The molecule has 0 aliphatic rings. The van der Waals surface area contributed by atoms with Gasteiger partial charge in [0, 0.05) is 24.2 Å². The van der Waals surface area contributed by atoms with Gasteiger partial charge in [0.2, 0.25) is 0 Å². The lowest BCUT2D eigenvalue weighted by molar-refractivity contribution is 0.415. The van der Waals surface area contributed by atoms with Gasteiger partial charge < -0.3 is 10.1 Å². The molecule has 0 saturated carbocycles. The van der Waals surface area contributed by atoms with E-state index < -0.39 is 11.6 Å². The fourth-order valence-corrected chi connectivity index (χ4v) is 1.81. The molecule has 19 heavy (non-hydrogen) atoms. The van der Waals surface area contributed by atoms with E-state index in [4.69, 9.17) is 16.3 Å². The highest BCUT2D eigenvalue weighted by molar-refractivity contribution is 6.33. The molecule has 0 aliphatic heterocycles. The van der Waals surface area contributed by atoms with Crippen molar-refractivity contribution in [1.82, 2.24) is 0 Å². The van der Waals surface area contributed by atoms with Crippen molar-refractivity contribution in [1.29, 1.82) is 0 Å². The molecule has 0 unspecified atom stereocenters. The molecule has 0 bridgehead atoms. The zero-order valence-electron chi connectivity index (χ0n) is 10.2. The third-order valence-electron chi connectivity index (χ3n) is 2.66. The maximum atomic E-state index is 13.5. The average Bonchev–Trinajstić information content (AvgIpc) is 2.39. The van der Waals surface area contributed by atoms with Gasteiger partial charge in [-0.25, -0.2) is 8.78 Å². The minimum absolute atomic E-state index is 0.207. The highest BCUT2D eigenvalue weighted by Crippen LogP contribution is 2.27. The Morgan fingerprint density at radius 3 is 2.63 bits per heavy atom. The number of benzene rings is 2. The predicted octanol–water partition coefficient (Wildman–Crippen LogP) is 4.24. The first-order valence-electron chi connectivity index (χ1n) is 5.61. The lowest BCUT2D eigenvalue weighted by Crippen LogP contribution is -2.03. The lowest BCUT2D eigenvalue weighted by Gasteiger charge is -2.10. The number of hydrogen-bond acceptors (Lipinski definition) is 2. The normalized spacial score (nSPS) is 10.3. The Morgan fingerprint density at radius 2 is 1.95 bits per heavy atom. The molecular formula is C14H12ClF2NO. The monoisotopic (exact) mass is 283 g/mol. The molecule has 0 amide bonds. The minimum Gasteiger partial charge on any atom is -0.497 e. The van der Waals surface area contributed by atoms with Gasteiger partial charge >= 0.3 is 0 Å². The van der Waals surface area contributed by atoms with Gasteiger partial charge in [0.05, 0.1) is 17.8 Å². The van der Waals surface area contributed by atoms with Crippen LogP contribution in [0.15, 0.2) is 36.4 Å². The lowest BCUT2D eigenvalue weighted by atomic mass is 10.2. The van der Waals surface area contributed by atoms with Gasteiger partial charge in [-0.05, 0) is 18.2 Å². The fraction of sp³-hybridized carbons (Fsp3) is 0.143. The molecule has 0 radical (unpaired) electrons. The third kappa shape index (κ3) is 3.35. The summed E-state index contributed by atoms with van der Waals surface area (Å²) in [5, 5.41) is 3.49. The van der Waals surface area contributed by atoms with Crippen molar-refractivity contribution < 1.29 is 13.5 Å². The Hall–Kier alpha value is -1.81. The molecule has 0 aromatic heterocycles. The number of methoxy groups -OCH3 is 1. The standard InChI is InChI=1S/C14H12ClF2NO/c1-19-11-4-5-12(15)14(7-11)18-8-9-2-3-10(16)6-13(9)17/h2-7,18H,8H2,1H3. The van der Waals surface area contributed by atoms with Crippen LogP contribution in [-0.4, -0.2) is 7.11 Å². The minimum atomic E-state index is -0.597. The molecule has 5 heteroatoms. The van der Waals surface area contributed by atoms with Crippen LogP contribution >= 0.6 is 11.6 Å². The molecule has 0 atom stereocenters. The van der Waals surface area contributed by atoms with Gasteiger partial charge in [-0.2, -0.15) is 0 Å². The molecule has 100 valence electrons. The second kappa shape index (κ2) is 5.89. The largest absolute Gasteiger partial charge is 0.497 e. The van der Waals surface area contributed by atoms with Crippen molar-refractivity contribution in [3.63, 3.8) is 0 Å². The molecule has 0 fully saturated rings. The molecule has 0 heterocycles. The van der Waals surface area contributed by atoms with Crippen LogP contribution in [0.2, 0.25) is 5.02 Å². The quantitative estimate of drug-likeness (QED) is 0.906. The van der Waals surface area contributed by atoms with Crippen molar-refractivity contribution in [3.05, 3.63) is 58.6 Å². The van der Waals surface area contributed by atoms with Crippen LogP contribution < -0.4 is 10.1 Å². The van der Waals surface area contributed by atoms with E-state index in [9.17, 15) is 8.78 Å². The van der Waals surface area contributed by atoms with Crippen LogP contribution in [0.5, 0.6) is 5.75 Å². The Kier molecular flexibility index (Phi) is 4.22. The topological polar surface area (TPSA) is 21.3 Å². The van der Waals surface area contributed by atoms with Crippen LogP contribution in [-0.2, 0) is 6.54 Å². The number of halogens is 3. The van der Waals surface area contributed by atoms with E-state index in [0.29, 0.717) is 22.0 Å². The summed E-state index contributed by atoms with van der Waals surface area (Å²) in [5.41, 5.74) is 0.991. The van der Waals surface area contributed by atoms with Crippen molar-refractivity contribution in [2.45, 2.75) is 6.54 Å². The maximum Gasteiger partial charge on any atom is 0.131 e. The number of hydrogen-bond donors (Lipinski definition) is 1. The molecule has 0 aliphatic carbocycles. The van der Waals surface area contributed by atoms with E-state index in [1.54, 1.807) is 25.3 Å². The van der Waals surface area contributed by atoms with Crippen LogP contribution in [0.1, 0.15) is 5.56 Å². The summed E-state index contributed by atoms with van der Waals surface area (Å²) in [6, 6.07) is 8.59. The van der Waals surface area contributed by atoms with Gasteiger partial charge in [0.25, 0.3) is 0 Å². The van der Waals surface area contributed by atoms with Crippen molar-refractivity contribution in [3.8, 4) is 5.75 Å². The van der Waals surface area contributed by atoms with E-state index in [1.807, 2.05) is 0 Å². The third-order valence-corrected chi connectivity index (χ3v) is 2.99. The number of rotatable bonds is 4. The number of ether oxygens (including phenoxy) is 1. The fourth-order valence-electron chi connectivity index (χ4n) is 1.62. The number of nitrogens with one attached hydrogen (secondary N) is 1. The molecular weight excluding hydrogens is 272 g/mol. The van der Waals surface area contributed by atoms with E-state index in [0.717, 1.165) is 6.07 Å². The van der Waals surface area contributed by atoms with E-state index in [2.05, 4.69) is 5.32 Å². The molecule has 1 N–H and O–H groups in total. The summed E-state index contributed by atoms with van der Waals surface area (Å²) in [6.45, 7) is 0.207. The second-order valence-corrected chi connectivity index (χ2v) is 4.34. The summed E-state index contributed by atoms with van der Waals surface area (Å²) in [5.74, 6) is -0.543. The smallest absolute Gasteiger partial charge is 0.131 e. The predicted molar refractivity (Wildman–Crippen MR) is 71.7 cm³/mol. The maximum absolute atomic E-state index is 13.5. The number of anilines is 1. The van der Waals surface area contributed by atoms with E-state index >= 15 is 0 Å². The first-order chi connectivity index (χ1) is 9.10. The first-order valence-corrected chi connectivity index (χ1v) is 5.99. The summed E-state index contributed by atoms with van der Waals surface area (Å²) in [4.78, 5) is 0. The summed E-state index contributed by atoms with van der Waals surface area (Å²) in [6.07, 6.45) is 0. The Labute approximate surface area is 115 Å². The Morgan fingerprint density at radius 1 is 1.16 bits per heavy atom. The zero-order valence-corrected chi connectivity index (χ0v) is 11.0. The molecule has 2 aromatic rings. The van der Waals surface area contributed by atoms with Crippen molar-refractivity contribution >= 4 is 17.3 Å². The average molecular weight is 284 g/mol. The van der Waals surface area contributed by atoms with Gasteiger partial charge in [0.15, 0.2) is 0 Å². The summed E-state index contributed by atoms with van der Waals surface area (Å²) >= 11 is 6.01. The SMILES string of the molecule is COc1ccc(Cl)c(NCc2ccc(F)cc2F)c1. The molecule has 2 aromatic carbocycles. The van der Waals surface area contributed by atoms with E-state index in [-0.39, 0.29) is 6.54 Å². The van der Waals surface area contributed by atoms with Crippen molar-refractivity contribution in [2.24, 2.45) is 0 Å². The molecule has 2 rings (SSSR count). The first kappa shape index (κ1) is 13.6. The Balaban J connectivity index is 2.14. The van der Waals surface area contributed by atoms with Gasteiger partial charge in [-0.3, -0.25) is 0 Å². The molecule has 0 saturated heterocycles. The highest BCUT2D eigenvalue weighted by atomic mass is 35.5. The zero-order chi connectivity index (χ0) is 13.8. The van der Waals surface area contributed by atoms with Crippen LogP contribution in [0, 0.1) is 11.6 Å². The second-order valence-electron chi connectivity index (χ2n) is 3.94. The van der Waals surface area contributed by atoms with Gasteiger partial charge in [-0.15, -0.1) is 0 Å². The van der Waals surface area contributed by atoms with Crippen LogP contribution in [0.25, 0.3) is 0 Å². The van der Waals surface area contributed by atoms with E-state index in [1.165, 1.54) is 12.1 Å². The van der Waals surface area contributed by atoms with Crippen molar-refractivity contribution in [2.75, 3.05) is 12.4 Å². The molecule has 0 spiro atoms. The summed E-state index contributed by atoms with van der Waals surface area (Å²) < 4.78 is 31.3. The highest BCUT2D eigenvalue weighted by Gasteiger charge is 2.06.